The van der Waals surface area contributed by atoms with Gasteiger partial charge in [0.15, 0.2) is 10.3 Å². The quantitative estimate of drug-likeness (QED) is 0.456. The van der Waals surface area contributed by atoms with Gasteiger partial charge in [-0.05, 0) is 48.3 Å². The molecule has 2 heterocycles. The molecule has 2 aromatic heterocycles. The van der Waals surface area contributed by atoms with Crippen LogP contribution >= 0.6 is 23.5 Å². The van der Waals surface area contributed by atoms with Gasteiger partial charge in [-0.1, -0.05) is 30.0 Å². The molecule has 146 valence electrons. The van der Waals surface area contributed by atoms with E-state index in [4.69, 9.17) is 0 Å². The summed E-state index contributed by atoms with van der Waals surface area (Å²) in [7, 11) is 1.95. The standard InChI is InChI=1S/C21H19N5OS2/c1-25-12-10-22-20(25)29-18-9-4-3-8-17(18)24-19(27)15-6-5-7-16(14-15)26-13-11-23-21(26)28-2/h3-14H,1-2H3,(H,24,27). The van der Waals surface area contributed by atoms with Crippen LogP contribution in [0.2, 0.25) is 0 Å². The Hall–Kier alpha value is -2.97. The Morgan fingerprint density at radius 2 is 1.79 bits per heavy atom. The summed E-state index contributed by atoms with van der Waals surface area (Å²) in [5, 5.41) is 4.77. The summed E-state index contributed by atoms with van der Waals surface area (Å²) in [6.45, 7) is 0. The van der Waals surface area contributed by atoms with Crippen LogP contribution in [0.1, 0.15) is 10.4 Å². The number of hydrogen-bond donors (Lipinski definition) is 1. The van der Waals surface area contributed by atoms with Crippen LogP contribution in [0.15, 0.2) is 88.5 Å². The lowest BCUT2D eigenvalue weighted by molar-refractivity contribution is 0.102. The molecule has 0 bridgehead atoms. The van der Waals surface area contributed by atoms with E-state index in [-0.39, 0.29) is 5.91 Å². The minimum absolute atomic E-state index is 0.162. The van der Waals surface area contributed by atoms with Crippen molar-refractivity contribution < 1.29 is 4.79 Å². The highest BCUT2D eigenvalue weighted by Crippen LogP contribution is 2.32. The molecule has 6 nitrogen and oxygen atoms in total. The van der Waals surface area contributed by atoms with E-state index in [0.29, 0.717) is 5.56 Å². The average Bonchev–Trinajstić information content (AvgIpc) is 3.38. The number of carbonyl (C=O) groups excluding carboxylic acids is 1. The Morgan fingerprint density at radius 3 is 2.59 bits per heavy atom. The number of rotatable bonds is 6. The van der Waals surface area contributed by atoms with Crippen LogP contribution in [0.5, 0.6) is 0 Å². The molecule has 2 aromatic carbocycles. The number of thioether (sulfide) groups is 1. The number of aromatic nitrogens is 4. The zero-order chi connectivity index (χ0) is 20.2. The first-order valence-electron chi connectivity index (χ1n) is 8.89. The number of amides is 1. The first kappa shape index (κ1) is 19.4. The highest BCUT2D eigenvalue weighted by atomic mass is 32.2. The summed E-state index contributed by atoms with van der Waals surface area (Å²) in [4.78, 5) is 22.5. The summed E-state index contributed by atoms with van der Waals surface area (Å²) in [6.07, 6.45) is 9.28. The molecule has 0 saturated heterocycles. The van der Waals surface area contributed by atoms with E-state index in [1.54, 1.807) is 24.2 Å². The first-order chi connectivity index (χ1) is 14.2. The largest absolute Gasteiger partial charge is 0.329 e. The predicted molar refractivity (Wildman–Crippen MR) is 117 cm³/mol. The topological polar surface area (TPSA) is 64.7 Å². The maximum Gasteiger partial charge on any atom is 0.255 e. The maximum atomic E-state index is 12.9. The highest BCUT2D eigenvalue weighted by Gasteiger charge is 2.13. The molecular formula is C21H19N5OS2. The van der Waals surface area contributed by atoms with Crippen molar-refractivity contribution >= 4 is 35.1 Å². The number of anilines is 1. The van der Waals surface area contributed by atoms with Gasteiger partial charge in [0, 0.05) is 48.0 Å². The molecule has 0 unspecified atom stereocenters. The van der Waals surface area contributed by atoms with Crippen LogP contribution < -0.4 is 5.32 Å². The second-order valence-corrected chi connectivity index (χ2v) is 7.99. The molecule has 0 aliphatic heterocycles. The minimum atomic E-state index is -0.162. The van der Waals surface area contributed by atoms with Gasteiger partial charge in [0.2, 0.25) is 0 Å². The molecule has 0 atom stereocenters. The summed E-state index contributed by atoms with van der Waals surface area (Å²) in [5.41, 5.74) is 2.23. The molecule has 0 spiro atoms. The van der Waals surface area contributed by atoms with Crippen molar-refractivity contribution in [1.82, 2.24) is 19.1 Å². The lowest BCUT2D eigenvalue weighted by Gasteiger charge is -2.12. The lowest BCUT2D eigenvalue weighted by Crippen LogP contribution is -2.13. The molecule has 1 amide bonds. The second kappa shape index (κ2) is 8.59. The highest BCUT2D eigenvalue weighted by molar-refractivity contribution is 7.99. The van der Waals surface area contributed by atoms with Crippen molar-refractivity contribution in [2.24, 2.45) is 7.05 Å². The third kappa shape index (κ3) is 4.23. The monoisotopic (exact) mass is 421 g/mol. The van der Waals surface area contributed by atoms with Gasteiger partial charge in [-0.2, -0.15) is 0 Å². The molecule has 0 aliphatic carbocycles. The normalized spacial score (nSPS) is 10.8. The van der Waals surface area contributed by atoms with Crippen LogP contribution in [0.25, 0.3) is 5.69 Å². The van der Waals surface area contributed by atoms with Gasteiger partial charge in [0.1, 0.15) is 0 Å². The minimum Gasteiger partial charge on any atom is -0.329 e. The number of benzene rings is 2. The molecule has 4 rings (SSSR count). The molecule has 0 radical (unpaired) electrons. The van der Waals surface area contributed by atoms with E-state index in [9.17, 15) is 4.79 Å². The Balaban J connectivity index is 1.58. The van der Waals surface area contributed by atoms with E-state index < -0.39 is 0 Å². The Morgan fingerprint density at radius 1 is 1.00 bits per heavy atom. The average molecular weight is 422 g/mol. The zero-order valence-electron chi connectivity index (χ0n) is 15.9. The summed E-state index contributed by atoms with van der Waals surface area (Å²) in [6, 6.07) is 15.2. The summed E-state index contributed by atoms with van der Waals surface area (Å²) < 4.78 is 3.91. The van der Waals surface area contributed by atoms with Gasteiger partial charge in [-0.3, -0.25) is 9.36 Å². The fraction of sp³-hybridized carbons (Fsp3) is 0.0952. The van der Waals surface area contributed by atoms with Gasteiger partial charge in [0.25, 0.3) is 5.91 Å². The Kier molecular flexibility index (Phi) is 5.73. The fourth-order valence-corrected chi connectivity index (χ4v) is 4.26. The van der Waals surface area contributed by atoms with Crippen molar-refractivity contribution in [2.75, 3.05) is 11.6 Å². The smallest absolute Gasteiger partial charge is 0.255 e. The number of para-hydroxylation sites is 1. The van der Waals surface area contributed by atoms with Crippen LogP contribution in [0, 0.1) is 0 Å². The maximum absolute atomic E-state index is 12.9. The molecule has 29 heavy (non-hydrogen) atoms. The van der Waals surface area contributed by atoms with Gasteiger partial charge in [-0.15, -0.1) is 0 Å². The number of nitrogens with one attached hydrogen (secondary N) is 1. The number of carbonyl (C=O) groups is 1. The number of hydrogen-bond acceptors (Lipinski definition) is 5. The SMILES string of the molecule is CSc1nccn1-c1cccc(C(=O)Nc2ccccc2Sc2nccn2C)c1. The van der Waals surface area contributed by atoms with Crippen molar-refractivity contribution in [2.45, 2.75) is 15.2 Å². The molecule has 4 aromatic rings. The van der Waals surface area contributed by atoms with E-state index >= 15 is 0 Å². The number of aryl methyl sites for hydroxylation is 1. The van der Waals surface area contributed by atoms with E-state index in [2.05, 4.69) is 15.3 Å². The first-order valence-corrected chi connectivity index (χ1v) is 10.9. The van der Waals surface area contributed by atoms with Crippen molar-refractivity contribution in [1.29, 1.82) is 0 Å². The van der Waals surface area contributed by atoms with Gasteiger partial charge in [-0.25, -0.2) is 9.97 Å². The Bertz CT molecular complexity index is 1150. The fourth-order valence-electron chi connectivity index (χ4n) is 2.84. The van der Waals surface area contributed by atoms with Crippen molar-refractivity contribution in [3.8, 4) is 5.69 Å². The Labute approximate surface area is 177 Å². The van der Waals surface area contributed by atoms with Crippen LogP contribution in [-0.2, 0) is 7.05 Å². The summed E-state index contributed by atoms with van der Waals surface area (Å²) >= 11 is 3.07. The van der Waals surface area contributed by atoms with Gasteiger partial charge >= 0.3 is 0 Å². The molecule has 0 fully saturated rings. The summed E-state index contributed by atoms with van der Waals surface area (Å²) in [5.74, 6) is -0.162. The zero-order valence-corrected chi connectivity index (χ0v) is 17.6. The molecule has 0 aliphatic rings. The molecular weight excluding hydrogens is 402 g/mol. The number of imidazole rings is 2. The number of nitrogens with zero attached hydrogens (tertiary/aromatic N) is 4. The van der Waals surface area contributed by atoms with Crippen LogP contribution in [0.4, 0.5) is 5.69 Å². The molecule has 8 heteroatoms. The van der Waals surface area contributed by atoms with Crippen LogP contribution in [0.3, 0.4) is 0 Å². The third-order valence-electron chi connectivity index (χ3n) is 4.29. The van der Waals surface area contributed by atoms with E-state index in [1.807, 2.05) is 83.4 Å². The molecule has 1 N–H and O–H groups in total. The lowest BCUT2D eigenvalue weighted by atomic mass is 10.2. The van der Waals surface area contributed by atoms with Crippen LogP contribution in [-0.4, -0.2) is 31.3 Å². The molecule has 0 saturated carbocycles. The second-order valence-electron chi connectivity index (χ2n) is 6.21. The van der Waals surface area contributed by atoms with E-state index in [0.717, 1.165) is 26.6 Å². The van der Waals surface area contributed by atoms with Gasteiger partial charge < -0.3 is 9.88 Å². The van der Waals surface area contributed by atoms with Crippen molar-refractivity contribution in [3.63, 3.8) is 0 Å². The van der Waals surface area contributed by atoms with E-state index in [1.165, 1.54) is 11.8 Å². The predicted octanol–water partition coefficient (Wildman–Crippen LogP) is 4.73. The third-order valence-corrected chi connectivity index (χ3v) is 6.11. The van der Waals surface area contributed by atoms with Gasteiger partial charge in [0.05, 0.1) is 5.69 Å². The van der Waals surface area contributed by atoms with Crippen molar-refractivity contribution in [3.05, 3.63) is 78.9 Å².